The largest absolute Gasteiger partial charge is 0.338 e. The van der Waals surface area contributed by atoms with Crippen LogP contribution in [0.1, 0.15) is 22.3 Å². The van der Waals surface area contributed by atoms with Gasteiger partial charge in [0.2, 0.25) is 0 Å². The monoisotopic (exact) mass is 261 g/mol. The summed E-state index contributed by atoms with van der Waals surface area (Å²) in [6.07, 6.45) is 0. The maximum atomic E-state index is 5.94. The first-order valence-electron chi connectivity index (χ1n) is 5.83. The summed E-state index contributed by atoms with van der Waals surface area (Å²) in [6.45, 7) is 8.11. The van der Waals surface area contributed by atoms with Gasteiger partial charge in [-0.25, -0.2) is 0 Å². The van der Waals surface area contributed by atoms with Crippen LogP contribution in [0.3, 0.4) is 0 Å². The molecule has 1 heterocycles. The molecule has 94 valence electrons. The van der Waals surface area contributed by atoms with E-state index in [-0.39, 0.29) is 0 Å². The Morgan fingerprint density at radius 1 is 0.944 bits per heavy atom. The minimum absolute atomic E-state index is 0.457. The molecule has 0 unspecified atom stereocenters. The zero-order valence-corrected chi connectivity index (χ0v) is 11.8. The second-order valence-electron chi connectivity index (χ2n) is 4.46. The summed E-state index contributed by atoms with van der Waals surface area (Å²) in [5.41, 5.74) is 5.49. The maximum Gasteiger partial charge on any atom is 0.156 e. The molecule has 1 aromatic carbocycles. The number of nitrogens with one attached hydrogen (secondary N) is 1. The second kappa shape index (κ2) is 4.94. The first-order valence-corrected chi connectivity index (χ1v) is 6.21. The molecule has 1 N–H and O–H groups in total. The Hall–Kier alpha value is -1.61. The Morgan fingerprint density at radius 2 is 1.67 bits per heavy atom. The maximum absolute atomic E-state index is 5.94. The zero-order valence-electron chi connectivity index (χ0n) is 11.0. The van der Waals surface area contributed by atoms with E-state index >= 15 is 0 Å². The number of aromatic nitrogens is 2. The Labute approximate surface area is 112 Å². The van der Waals surface area contributed by atoms with E-state index in [9.17, 15) is 0 Å². The predicted octanol–water partition coefficient (Wildman–Crippen LogP) is 4.11. The van der Waals surface area contributed by atoms with Crippen molar-refractivity contribution >= 4 is 23.1 Å². The van der Waals surface area contributed by atoms with Gasteiger partial charge in [-0.05, 0) is 56.0 Å². The molecular weight excluding hydrogens is 246 g/mol. The summed E-state index contributed by atoms with van der Waals surface area (Å²) in [4.78, 5) is 0. The minimum Gasteiger partial charge on any atom is -0.338 e. The van der Waals surface area contributed by atoms with Crippen molar-refractivity contribution in [2.75, 3.05) is 5.32 Å². The quantitative estimate of drug-likeness (QED) is 0.884. The fourth-order valence-corrected chi connectivity index (χ4v) is 1.89. The average molecular weight is 262 g/mol. The fraction of sp³-hybridized carbons (Fsp3) is 0.286. The molecule has 18 heavy (non-hydrogen) atoms. The third kappa shape index (κ3) is 2.31. The van der Waals surface area contributed by atoms with Gasteiger partial charge in [-0.1, -0.05) is 23.7 Å². The second-order valence-corrected chi connectivity index (χ2v) is 4.82. The van der Waals surface area contributed by atoms with Crippen LogP contribution in [-0.2, 0) is 0 Å². The Kier molecular flexibility index (Phi) is 3.53. The van der Waals surface area contributed by atoms with Crippen molar-refractivity contribution in [3.8, 4) is 0 Å². The lowest BCUT2D eigenvalue weighted by Crippen LogP contribution is -2.02. The molecule has 0 aliphatic carbocycles. The van der Waals surface area contributed by atoms with Gasteiger partial charge in [-0.15, -0.1) is 10.2 Å². The summed E-state index contributed by atoms with van der Waals surface area (Å²) in [5, 5.41) is 11.8. The molecule has 0 fully saturated rings. The molecule has 0 radical (unpaired) electrons. The molecule has 0 bridgehead atoms. The molecule has 4 heteroatoms. The molecule has 0 aliphatic heterocycles. The van der Waals surface area contributed by atoms with Crippen LogP contribution < -0.4 is 5.32 Å². The number of benzene rings is 1. The highest BCUT2D eigenvalue weighted by Gasteiger charge is 2.09. The third-order valence-electron chi connectivity index (χ3n) is 3.32. The topological polar surface area (TPSA) is 37.8 Å². The number of anilines is 2. The number of aryl methyl sites for hydroxylation is 1. The molecule has 0 aliphatic rings. The van der Waals surface area contributed by atoms with Crippen LogP contribution in [-0.4, -0.2) is 10.2 Å². The van der Waals surface area contributed by atoms with Gasteiger partial charge >= 0.3 is 0 Å². The highest BCUT2D eigenvalue weighted by molar-refractivity contribution is 6.30. The number of rotatable bonds is 2. The summed E-state index contributed by atoms with van der Waals surface area (Å²) in [6, 6.07) is 6.15. The van der Waals surface area contributed by atoms with E-state index in [0.29, 0.717) is 5.15 Å². The van der Waals surface area contributed by atoms with Gasteiger partial charge in [0, 0.05) is 5.69 Å². The SMILES string of the molecule is Cc1cccc(Nc2nnc(Cl)c(C)c2C)c1C. The van der Waals surface area contributed by atoms with E-state index in [1.807, 2.05) is 26.0 Å². The van der Waals surface area contributed by atoms with Gasteiger partial charge in [0.05, 0.1) is 0 Å². The molecule has 0 amide bonds. The van der Waals surface area contributed by atoms with E-state index in [4.69, 9.17) is 11.6 Å². The smallest absolute Gasteiger partial charge is 0.156 e. The van der Waals surface area contributed by atoms with Crippen LogP contribution in [0.5, 0.6) is 0 Å². The third-order valence-corrected chi connectivity index (χ3v) is 3.68. The molecule has 2 rings (SSSR count). The lowest BCUT2D eigenvalue weighted by atomic mass is 10.1. The van der Waals surface area contributed by atoms with Crippen molar-refractivity contribution in [3.05, 3.63) is 45.6 Å². The normalized spacial score (nSPS) is 10.5. The molecule has 3 nitrogen and oxygen atoms in total. The molecule has 0 saturated heterocycles. The average Bonchev–Trinajstić information content (AvgIpc) is 2.35. The zero-order chi connectivity index (χ0) is 13.3. The molecule has 1 aromatic heterocycles. The van der Waals surface area contributed by atoms with Crippen LogP contribution in [0, 0.1) is 27.7 Å². The summed E-state index contributed by atoms with van der Waals surface area (Å²) >= 11 is 5.94. The van der Waals surface area contributed by atoms with Gasteiger partial charge in [0.15, 0.2) is 11.0 Å². The van der Waals surface area contributed by atoms with Crippen LogP contribution in [0.2, 0.25) is 5.15 Å². The molecule has 2 aromatic rings. The van der Waals surface area contributed by atoms with Gasteiger partial charge in [0.1, 0.15) is 0 Å². The first kappa shape index (κ1) is 12.8. The number of hydrogen-bond acceptors (Lipinski definition) is 3. The van der Waals surface area contributed by atoms with Gasteiger partial charge in [-0.3, -0.25) is 0 Å². The van der Waals surface area contributed by atoms with Gasteiger partial charge in [-0.2, -0.15) is 0 Å². The van der Waals surface area contributed by atoms with E-state index in [0.717, 1.165) is 22.6 Å². The Balaban J connectivity index is 2.41. The summed E-state index contributed by atoms with van der Waals surface area (Å²) in [5.74, 6) is 0.755. The van der Waals surface area contributed by atoms with E-state index in [2.05, 4.69) is 35.4 Å². The lowest BCUT2D eigenvalue weighted by Gasteiger charge is -2.13. The van der Waals surface area contributed by atoms with Crippen LogP contribution in [0.25, 0.3) is 0 Å². The van der Waals surface area contributed by atoms with Gasteiger partial charge < -0.3 is 5.32 Å². The lowest BCUT2D eigenvalue weighted by molar-refractivity contribution is 1.00. The van der Waals surface area contributed by atoms with Crippen molar-refractivity contribution in [2.45, 2.75) is 27.7 Å². The molecular formula is C14H16ClN3. The summed E-state index contributed by atoms with van der Waals surface area (Å²) < 4.78 is 0. The van der Waals surface area contributed by atoms with Crippen molar-refractivity contribution < 1.29 is 0 Å². The van der Waals surface area contributed by atoms with Crippen molar-refractivity contribution in [1.29, 1.82) is 0 Å². The number of nitrogens with zero attached hydrogens (tertiary/aromatic N) is 2. The van der Waals surface area contributed by atoms with E-state index in [1.54, 1.807) is 0 Å². The van der Waals surface area contributed by atoms with Crippen molar-refractivity contribution in [1.82, 2.24) is 10.2 Å². The van der Waals surface area contributed by atoms with E-state index in [1.165, 1.54) is 11.1 Å². The highest BCUT2D eigenvalue weighted by atomic mass is 35.5. The van der Waals surface area contributed by atoms with Crippen molar-refractivity contribution in [2.24, 2.45) is 0 Å². The van der Waals surface area contributed by atoms with Gasteiger partial charge in [0.25, 0.3) is 0 Å². The van der Waals surface area contributed by atoms with Crippen LogP contribution >= 0.6 is 11.6 Å². The molecule has 0 spiro atoms. The Bertz CT molecular complexity index is 594. The first-order chi connectivity index (χ1) is 8.50. The number of halogens is 1. The fourth-order valence-electron chi connectivity index (χ4n) is 1.71. The highest BCUT2D eigenvalue weighted by Crippen LogP contribution is 2.26. The predicted molar refractivity (Wildman–Crippen MR) is 75.7 cm³/mol. The van der Waals surface area contributed by atoms with Crippen molar-refractivity contribution in [3.63, 3.8) is 0 Å². The van der Waals surface area contributed by atoms with E-state index < -0.39 is 0 Å². The summed E-state index contributed by atoms with van der Waals surface area (Å²) in [7, 11) is 0. The van der Waals surface area contributed by atoms with Crippen LogP contribution in [0.15, 0.2) is 18.2 Å². The minimum atomic E-state index is 0.457. The standard InChI is InChI=1S/C14H16ClN3/c1-8-6-5-7-12(9(8)2)16-14-11(4)10(3)13(15)17-18-14/h5-7H,1-4H3,(H,16,18). The van der Waals surface area contributed by atoms with Crippen LogP contribution in [0.4, 0.5) is 11.5 Å². The molecule has 0 atom stereocenters. The molecule has 0 saturated carbocycles. The Morgan fingerprint density at radius 3 is 2.39 bits per heavy atom. The number of hydrogen-bond donors (Lipinski definition) is 1.